The fourth-order valence-corrected chi connectivity index (χ4v) is 2.00. The van der Waals surface area contributed by atoms with Crippen LogP contribution in [0, 0.1) is 0 Å². The number of aromatic nitrogens is 1. The average Bonchev–Trinajstić information content (AvgIpc) is 3.07. The van der Waals surface area contributed by atoms with Gasteiger partial charge in [0.15, 0.2) is 0 Å². The maximum Gasteiger partial charge on any atom is 0.253 e. The summed E-state index contributed by atoms with van der Waals surface area (Å²) in [7, 11) is 0. The molecule has 3 aromatic rings. The zero-order valence-corrected chi connectivity index (χ0v) is 11.8. The number of rotatable bonds is 5. The molecule has 5 heteroatoms. The number of amides is 1. The third kappa shape index (κ3) is 3.52. The van der Waals surface area contributed by atoms with Crippen molar-refractivity contribution in [1.29, 1.82) is 0 Å². The summed E-state index contributed by atoms with van der Waals surface area (Å²) in [4.78, 5) is 16.2. The number of anilines is 2. The number of carbonyl (C=O) groups is 1. The van der Waals surface area contributed by atoms with Crippen molar-refractivity contribution in [2.75, 3.05) is 5.32 Å². The Balaban J connectivity index is 1.66. The lowest BCUT2D eigenvalue weighted by Crippen LogP contribution is -2.22. The van der Waals surface area contributed by atoms with E-state index in [-0.39, 0.29) is 5.91 Å². The van der Waals surface area contributed by atoms with Crippen LogP contribution in [-0.4, -0.2) is 10.9 Å². The quantitative estimate of drug-likeness (QED) is 0.757. The minimum absolute atomic E-state index is 0.194. The van der Waals surface area contributed by atoms with E-state index in [1.165, 1.54) is 6.20 Å². The zero-order valence-electron chi connectivity index (χ0n) is 11.8. The van der Waals surface area contributed by atoms with Gasteiger partial charge < -0.3 is 15.1 Å². The van der Waals surface area contributed by atoms with Crippen LogP contribution in [0.5, 0.6) is 0 Å². The summed E-state index contributed by atoms with van der Waals surface area (Å²) in [6.45, 7) is 0.349. The van der Waals surface area contributed by atoms with Gasteiger partial charge >= 0.3 is 0 Å². The minimum Gasteiger partial charge on any atom is -0.467 e. The number of benzene rings is 1. The molecule has 0 saturated heterocycles. The number of hydrogen-bond acceptors (Lipinski definition) is 4. The predicted molar refractivity (Wildman–Crippen MR) is 83.8 cm³/mol. The summed E-state index contributed by atoms with van der Waals surface area (Å²) in [5.41, 5.74) is 2.20. The molecule has 0 aliphatic carbocycles. The first-order chi connectivity index (χ1) is 10.8. The summed E-state index contributed by atoms with van der Waals surface area (Å²) in [5.74, 6) is 0.514. The fourth-order valence-electron chi connectivity index (χ4n) is 2.00. The van der Waals surface area contributed by atoms with Crippen LogP contribution in [0.25, 0.3) is 0 Å². The molecule has 0 aliphatic heterocycles. The molecule has 0 radical (unpaired) electrons. The minimum atomic E-state index is -0.194. The Kier molecular flexibility index (Phi) is 4.15. The molecule has 0 unspecified atom stereocenters. The van der Waals surface area contributed by atoms with Crippen LogP contribution < -0.4 is 10.6 Å². The number of hydrogen-bond donors (Lipinski definition) is 2. The topological polar surface area (TPSA) is 67.2 Å². The van der Waals surface area contributed by atoms with E-state index in [1.807, 2.05) is 36.4 Å². The molecular formula is C17H15N3O2. The third-order valence-corrected chi connectivity index (χ3v) is 3.07. The molecule has 2 heterocycles. The first-order valence-electron chi connectivity index (χ1n) is 6.89. The zero-order chi connectivity index (χ0) is 15.2. The summed E-state index contributed by atoms with van der Waals surface area (Å²) in [6, 6.07) is 15.1. The smallest absolute Gasteiger partial charge is 0.253 e. The molecule has 2 N–H and O–H groups in total. The highest BCUT2D eigenvalue weighted by molar-refractivity contribution is 5.94. The Morgan fingerprint density at radius 3 is 2.68 bits per heavy atom. The number of nitrogens with one attached hydrogen (secondary N) is 2. The van der Waals surface area contributed by atoms with Crippen molar-refractivity contribution in [2.24, 2.45) is 0 Å². The van der Waals surface area contributed by atoms with Crippen molar-refractivity contribution in [3.05, 3.63) is 78.5 Å². The Bertz CT molecular complexity index is 740. The van der Waals surface area contributed by atoms with Gasteiger partial charge in [0, 0.05) is 11.9 Å². The van der Waals surface area contributed by atoms with Crippen LogP contribution in [0.2, 0.25) is 0 Å². The van der Waals surface area contributed by atoms with E-state index in [9.17, 15) is 4.79 Å². The molecule has 1 amide bonds. The standard InChI is InChI=1S/C17H15N3O2/c21-17(19-12-16-7-4-8-22-16)13-9-15(11-18-10-13)20-14-5-2-1-3-6-14/h1-11,20H,12H2,(H,19,21). The normalized spacial score (nSPS) is 10.2. The molecule has 0 spiro atoms. The van der Waals surface area contributed by atoms with E-state index in [0.717, 1.165) is 11.4 Å². The molecular weight excluding hydrogens is 278 g/mol. The molecule has 110 valence electrons. The second-order valence-corrected chi connectivity index (χ2v) is 4.72. The third-order valence-electron chi connectivity index (χ3n) is 3.07. The lowest BCUT2D eigenvalue weighted by atomic mass is 10.2. The van der Waals surface area contributed by atoms with Crippen molar-refractivity contribution in [1.82, 2.24) is 10.3 Å². The van der Waals surface area contributed by atoms with Gasteiger partial charge in [-0.2, -0.15) is 0 Å². The molecule has 5 nitrogen and oxygen atoms in total. The molecule has 0 aliphatic rings. The fraction of sp³-hybridized carbons (Fsp3) is 0.0588. The van der Waals surface area contributed by atoms with E-state index in [1.54, 1.807) is 24.6 Å². The maximum absolute atomic E-state index is 12.1. The Morgan fingerprint density at radius 1 is 1.05 bits per heavy atom. The van der Waals surface area contributed by atoms with E-state index < -0.39 is 0 Å². The van der Waals surface area contributed by atoms with Crippen LogP contribution in [0.4, 0.5) is 11.4 Å². The second-order valence-electron chi connectivity index (χ2n) is 4.72. The summed E-state index contributed by atoms with van der Waals surface area (Å²) in [5, 5.41) is 6.00. The molecule has 0 bridgehead atoms. The number of carbonyl (C=O) groups excluding carboxylic acids is 1. The monoisotopic (exact) mass is 293 g/mol. The van der Waals surface area contributed by atoms with Gasteiger partial charge in [-0.25, -0.2) is 0 Å². The molecule has 22 heavy (non-hydrogen) atoms. The maximum atomic E-state index is 12.1. The Labute approximate surface area is 128 Å². The van der Waals surface area contributed by atoms with Gasteiger partial charge in [-0.1, -0.05) is 18.2 Å². The van der Waals surface area contributed by atoms with Gasteiger partial charge in [0.25, 0.3) is 5.91 Å². The van der Waals surface area contributed by atoms with Gasteiger partial charge in [-0.15, -0.1) is 0 Å². The number of pyridine rings is 1. The summed E-state index contributed by atoms with van der Waals surface area (Å²) < 4.78 is 5.18. The van der Waals surface area contributed by atoms with Crippen LogP contribution in [0.15, 0.2) is 71.6 Å². The molecule has 0 fully saturated rings. The molecule has 0 atom stereocenters. The van der Waals surface area contributed by atoms with Gasteiger partial charge in [0.05, 0.1) is 30.3 Å². The first kappa shape index (κ1) is 13.9. The largest absolute Gasteiger partial charge is 0.467 e. The highest BCUT2D eigenvalue weighted by Gasteiger charge is 2.07. The van der Waals surface area contributed by atoms with E-state index in [2.05, 4.69) is 15.6 Å². The van der Waals surface area contributed by atoms with Gasteiger partial charge in [0.2, 0.25) is 0 Å². The molecule has 1 aromatic carbocycles. The lowest BCUT2D eigenvalue weighted by Gasteiger charge is -2.08. The second kappa shape index (κ2) is 6.58. The van der Waals surface area contributed by atoms with Crippen LogP contribution in [-0.2, 0) is 6.54 Å². The van der Waals surface area contributed by atoms with Gasteiger partial charge in [-0.3, -0.25) is 9.78 Å². The van der Waals surface area contributed by atoms with Crippen molar-refractivity contribution < 1.29 is 9.21 Å². The van der Waals surface area contributed by atoms with E-state index in [4.69, 9.17) is 4.42 Å². The average molecular weight is 293 g/mol. The van der Waals surface area contributed by atoms with Crippen LogP contribution in [0.3, 0.4) is 0 Å². The van der Waals surface area contributed by atoms with Gasteiger partial charge in [0.1, 0.15) is 5.76 Å². The predicted octanol–water partition coefficient (Wildman–Crippen LogP) is 3.35. The number of furan rings is 1. The number of nitrogens with zero attached hydrogens (tertiary/aromatic N) is 1. The summed E-state index contributed by atoms with van der Waals surface area (Å²) in [6.07, 6.45) is 4.79. The Hall–Kier alpha value is -3.08. The lowest BCUT2D eigenvalue weighted by molar-refractivity contribution is 0.0947. The SMILES string of the molecule is O=C(NCc1ccco1)c1cncc(Nc2ccccc2)c1. The van der Waals surface area contributed by atoms with E-state index >= 15 is 0 Å². The van der Waals surface area contributed by atoms with Crippen molar-refractivity contribution in [3.8, 4) is 0 Å². The Morgan fingerprint density at radius 2 is 1.91 bits per heavy atom. The van der Waals surface area contributed by atoms with Crippen molar-refractivity contribution in [2.45, 2.75) is 6.54 Å². The van der Waals surface area contributed by atoms with E-state index in [0.29, 0.717) is 17.9 Å². The van der Waals surface area contributed by atoms with Gasteiger partial charge in [-0.05, 0) is 30.3 Å². The first-order valence-corrected chi connectivity index (χ1v) is 6.89. The van der Waals surface area contributed by atoms with Crippen molar-refractivity contribution >= 4 is 17.3 Å². The molecule has 0 saturated carbocycles. The number of para-hydroxylation sites is 1. The van der Waals surface area contributed by atoms with Crippen LogP contribution >= 0.6 is 0 Å². The highest BCUT2D eigenvalue weighted by atomic mass is 16.3. The highest BCUT2D eigenvalue weighted by Crippen LogP contribution is 2.16. The molecule has 3 rings (SSSR count). The summed E-state index contributed by atoms with van der Waals surface area (Å²) >= 11 is 0. The van der Waals surface area contributed by atoms with Crippen LogP contribution in [0.1, 0.15) is 16.1 Å². The molecule has 2 aromatic heterocycles. The van der Waals surface area contributed by atoms with Crippen molar-refractivity contribution in [3.63, 3.8) is 0 Å².